The van der Waals surface area contributed by atoms with E-state index in [2.05, 4.69) is 0 Å². The number of likely N-dealkylation sites (tertiary alicyclic amines) is 1. The van der Waals surface area contributed by atoms with Crippen molar-refractivity contribution in [2.75, 3.05) is 13.1 Å². The monoisotopic (exact) mass is 305 g/mol. The highest BCUT2D eigenvalue weighted by atomic mass is 16.6. The number of ether oxygens (including phenoxy) is 2. The molecule has 1 aromatic rings. The van der Waals surface area contributed by atoms with E-state index in [-0.39, 0.29) is 6.09 Å². The number of carbonyl (C=O) groups excluding carboxylic acids is 1. The number of para-hydroxylation sites is 1. The number of hydrogen-bond acceptors (Lipinski definition) is 4. The van der Waals surface area contributed by atoms with Gasteiger partial charge in [0.25, 0.3) is 0 Å². The summed E-state index contributed by atoms with van der Waals surface area (Å²) >= 11 is 0. The van der Waals surface area contributed by atoms with Gasteiger partial charge in [0.15, 0.2) is 0 Å². The summed E-state index contributed by atoms with van der Waals surface area (Å²) in [5.74, 6) is 0.715. The molecule has 0 aliphatic carbocycles. The van der Waals surface area contributed by atoms with Gasteiger partial charge in [-0.1, -0.05) is 18.2 Å². The SMILES string of the molecule is CC(C)(C)OC(=O)N1CCC2(CC(O)c3ccccc3O2)C1. The van der Waals surface area contributed by atoms with Crippen molar-refractivity contribution in [3.8, 4) is 5.75 Å². The highest BCUT2D eigenvalue weighted by Crippen LogP contribution is 2.43. The number of aliphatic hydroxyl groups excluding tert-OH is 1. The molecule has 0 aromatic heterocycles. The van der Waals surface area contributed by atoms with E-state index < -0.39 is 17.3 Å². The summed E-state index contributed by atoms with van der Waals surface area (Å²) < 4.78 is 11.6. The number of fused-ring (bicyclic) bond motifs is 1. The number of rotatable bonds is 0. The van der Waals surface area contributed by atoms with Gasteiger partial charge in [-0.3, -0.25) is 0 Å². The minimum atomic E-state index is -0.552. The molecule has 1 fully saturated rings. The van der Waals surface area contributed by atoms with E-state index >= 15 is 0 Å². The number of hydrogen-bond donors (Lipinski definition) is 1. The second kappa shape index (κ2) is 5.16. The summed E-state index contributed by atoms with van der Waals surface area (Å²) in [5, 5.41) is 10.4. The molecule has 1 aromatic carbocycles. The number of benzene rings is 1. The Morgan fingerprint density at radius 2 is 2.14 bits per heavy atom. The summed E-state index contributed by atoms with van der Waals surface area (Å²) in [4.78, 5) is 13.9. The first-order chi connectivity index (χ1) is 10.3. The molecule has 0 radical (unpaired) electrons. The Hall–Kier alpha value is -1.75. The lowest BCUT2D eigenvalue weighted by Gasteiger charge is -2.38. The summed E-state index contributed by atoms with van der Waals surface area (Å²) in [6.45, 7) is 6.60. The molecule has 1 saturated heterocycles. The van der Waals surface area contributed by atoms with E-state index in [1.54, 1.807) is 4.90 Å². The second-order valence-electron chi connectivity index (χ2n) is 7.19. The summed E-state index contributed by atoms with van der Waals surface area (Å²) in [6.07, 6.45) is 0.339. The van der Waals surface area contributed by atoms with Crippen molar-refractivity contribution in [2.45, 2.75) is 50.9 Å². The molecular weight excluding hydrogens is 282 g/mol. The Labute approximate surface area is 130 Å². The molecule has 120 valence electrons. The Balaban J connectivity index is 1.74. The highest BCUT2D eigenvalue weighted by molar-refractivity contribution is 5.68. The van der Waals surface area contributed by atoms with E-state index in [0.29, 0.717) is 31.7 Å². The number of carbonyl (C=O) groups is 1. The maximum absolute atomic E-state index is 12.2. The van der Waals surface area contributed by atoms with Gasteiger partial charge in [-0.05, 0) is 26.8 Å². The third-order valence-corrected chi connectivity index (χ3v) is 4.14. The summed E-state index contributed by atoms with van der Waals surface area (Å²) in [6, 6.07) is 7.54. The van der Waals surface area contributed by atoms with E-state index in [9.17, 15) is 9.90 Å². The molecule has 3 rings (SSSR count). The fraction of sp³-hybridized carbons (Fsp3) is 0.588. The van der Waals surface area contributed by atoms with Crippen LogP contribution in [0.3, 0.4) is 0 Å². The first-order valence-corrected chi connectivity index (χ1v) is 7.72. The quantitative estimate of drug-likeness (QED) is 0.800. The number of aliphatic hydroxyl groups is 1. The molecule has 5 heteroatoms. The van der Waals surface area contributed by atoms with Crippen LogP contribution in [-0.2, 0) is 4.74 Å². The van der Waals surface area contributed by atoms with Gasteiger partial charge in [-0.2, -0.15) is 0 Å². The van der Waals surface area contributed by atoms with Crippen LogP contribution in [0, 0.1) is 0 Å². The number of nitrogens with zero attached hydrogens (tertiary/aromatic N) is 1. The lowest BCUT2D eigenvalue weighted by Crippen LogP contribution is -2.45. The lowest BCUT2D eigenvalue weighted by atomic mass is 9.88. The Bertz CT molecular complexity index is 580. The van der Waals surface area contributed by atoms with Crippen molar-refractivity contribution in [1.82, 2.24) is 4.90 Å². The molecule has 2 unspecified atom stereocenters. The van der Waals surface area contributed by atoms with Gasteiger partial charge >= 0.3 is 6.09 Å². The van der Waals surface area contributed by atoms with Gasteiger partial charge in [-0.15, -0.1) is 0 Å². The first-order valence-electron chi connectivity index (χ1n) is 7.72. The van der Waals surface area contributed by atoms with Crippen LogP contribution in [0.25, 0.3) is 0 Å². The van der Waals surface area contributed by atoms with Crippen molar-refractivity contribution in [1.29, 1.82) is 0 Å². The van der Waals surface area contributed by atoms with Crippen LogP contribution in [0.5, 0.6) is 5.75 Å². The Morgan fingerprint density at radius 3 is 2.86 bits per heavy atom. The predicted octanol–water partition coefficient (Wildman–Crippen LogP) is 2.88. The van der Waals surface area contributed by atoms with Crippen molar-refractivity contribution in [2.24, 2.45) is 0 Å². The van der Waals surface area contributed by atoms with Gasteiger partial charge < -0.3 is 19.5 Å². The molecule has 2 heterocycles. The van der Waals surface area contributed by atoms with Crippen LogP contribution in [0.15, 0.2) is 24.3 Å². The minimum absolute atomic E-state index is 0.318. The zero-order valence-corrected chi connectivity index (χ0v) is 13.3. The third-order valence-electron chi connectivity index (χ3n) is 4.14. The largest absolute Gasteiger partial charge is 0.485 e. The van der Waals surface area contributed by atoms with E-state index in [0.717, 1.165) is 5.56 Å². The molecule has 5 nitrogen and oxygen atoms in total. The van der Waals surface area contributed by atoms with E-state index in [1.807, 2.05) is 45.0 Å². The average Bonchev–Trinajstić information content (AvgIpc) is 2.80. The number of amides is 1. The van der Waals surface area contributed by atoms with Crippen LogP contribution in [-0.4, -0.2) is 40.4 Å². The fourth-order valence-corrected chi connectivity index (χ4v) is 3.16. The average molecular weight is 305 g/mol. The summed E-state index contributed by atoms with van der Waals surface area (Å²) in [7, 11) is 0. The van der Waals surface area contributed by atoms with Gasteiger partial charge in [0.1, 0.15) is 17.0 Å². The van der Waals surface area contributed by atoms with Crippen LogP contribution in [0.2, 0.25) is 0 Å². The van der Waals surface area contributed by atoms with Crippen LogP contribution < -0.4 is 4.74 Å². The van der Waals surface area contributed by atoms with Gasteiger partial charge in [-0.25, -0.2) is 4.79 Å². The minimum Gasteiger partial charge on any atom is -0.485 e. The van der Waals surface area contributed by atoms with Gasteiger partial charge in [0, 0.05) is 24.9 Å². The topological polar surface area (TPSA) is 59.0 Å². The Kier molecular flexibility index (Phi) is 3.56. The van der Waals surface area contributed by atoms with Gasteiger partial charge in [0.2, 0.25) is 0 Å². The van der Waals surface area contributed by atoms with Crippen molar-refractivity contribution >= 4 is 6.09 Å². The maximum Gasteiger partial charge on any atom is 0.410 e. The van der Waals surface area contributed by atoms with E-state index in [4.69, 9.17) is 9.47 Å². The molecule has 2 atom stereocenters. The normalized spacial score (nSPS) is 27.5. The highest BCUT2D eigenvalue weighted by Gasteiger charge is 2.47. The van der Waals surface area contributed by atoms with Gasteiger partial charge in [0.05, 0.1) is 12.6 Å². The molecule has 22 heavy (non-hydrogen) atoms. The molecule has 0 saturated carbocycles. The second-order valence-corrected chi connectivity index (χ2v) is 7.19. The molecule has 1 spiro atoms. The van der Waals surface area contributed by atoms with Crippen LogP contribution >= 0.6 is 0 Å². The summed E-state index contributed by atoms with van der Waals surface area (Å²) in [5.41, 5.74) is -0.194. The molecule has 1 N–H and O–H groups in total. The van der Waals surface area contributed by atoms with Crippen molar-refractivity contribution < 1.29 is 19.4 Å². The smallest absolute Gasteiger partial charge is 0.410 e. The fourth-order valence-electron chi connectivity index (χ4n) is 3.16. The molecule has 2 aliphatic heterocycles. The molecular formula is C17H23NO4. The van der Waals surface area contributed by atoms with E-state index in [1.165, 1.54) is 0 Å². The molecule has 2 aliphatic rings. The first kappa shape index (κ1) is 15.2. The zero-order chi connectivity index (χ0) is 16.0. The Morgan fingerprint density at radius 1 is 1.41 bits per heavy atom. The van der Waals surface area contributed by atoms with Crippen LogP contribution in [0.1, 0.15) is 45.3 Å². The lowest BCUT2D eigenvalue weighted by molar-refractivity contribution is -0.0131. The molecule has 1 amide bonds. The predicted molar refractivity (Wildman–Crippen MR) is 81.8 cm³/mol. The third kappa shape index (κ3) is 2.90. The van der Waals surface area contributed by atoms with Crippen LogP contribution in [0.4, 0.5) is 4.79 Å². The standard InChI is InChI=1S/C17H23NO4/c1-16(2,3)22-15(20)18-9-8-17(11-18)10-13(19)12-6-4-5-7-14(12)21-17/h4-7,13,19H,8-11H2,1-3H3. The maximum atomic E-state index is 12.2. The zero-order valence-electron chi connectivity index (χ0n) is 13.3. The van der Waals surface area contributed by atoms with Crippen molar-refractivity contribution in [3.63, 3.8) is 0 Å². The molecule has 0 bridgehead atoms. The van der Waals surface area contributed by atoms with Crippen molar-refractivity contribution in [3.05, 3.63) is 29.8 Å².